The molecule has 0 saturated heterocycles. The molecule has 0 saturated carbocycles. The fourth-order valence-electron chi connectivity index (χ4n) is 1.72. The minimum Gasteiger partial charge on any atom is -0.496 e. The molecule has 0 radical (unpaired) electrons. The summed E-state index contributed by atoms with van der Waals surface area (Å²) in [7, 11) is 1.50. The molecule has 0 unspecified atom stereocenters. The fourth-order valence-corrected chi connectivity index (χ4v) is 2.42. The van der Waals surface area contributed by atoms with Crippen LogP contribution in [0.25, 0.3) is 0 Å². The minimum atomic E-state index is -0.357. The quantitative estimate of drug-likeness (QED) is 0.758. The third-order valence-electron chi connectivity index (χ3n) is 2.74. The van der Waals surface area contributed by atoms with Gasteiger partial charge < -0.3 is 10.1 Å². The number of halogens is 2. The van der Waals surface area contributed by atoms with Gasteiger partial charge in [-0.1, -0.05) is 27.5 Å². The van der Waals surface area contributed by atoms with Crippen molar-refractivity contribution in [3.8, 4) is 5.75 Å². The molecule has 7 heteroatoms. The molecule has 2 rings (SSSR count). The highest BCUT2D eigenvalue weighted by Gasteiger charge is 2.14. The fraction of sp³-hybridized carbons (Fsp3) is 0.0667. The van der Waals surface area contributed by atoms with Crippen molar-refractivity contribution in [3.05, 3.63) is 57.5 Å². The summed E-state index contributed by atoms with van der Waals surface area (Å²) < 4.78 is 5.95. The van der Waals surface area contributed by atoms with E-state index < -0.39 is 0 Å². The van der Waals surface area contributed by atoms with Crippen LogP contribution in [-0.4, -0.2) is 18.1 Å². The zero-order chi connectivity index (χ0) is 16.1. The van der Waals surface area contributed by atoms with Gasteiger partial charge in [0.1, 0.15) is 5.75 Å². The number of rotatable bonds is 3. The molecular weight excluding hydrogens is 388 g/mol. The average molecular weight is 400 g/mol. The molecule has 0 fully saturated rings. The molecule has 2 aromatic rings. The van der Waals surface area contributed by atoms with Crippen LogP contribution in [0.15, 0.2) is 46.9 Å². The van der Waals surface area contributed by atoms with Gasteiger partial charge in [0.15, 0.2) is 5.11 Å². The number of benzene rings is 2. The van der Waals surface area contributed by atoms with Crippen LogP contribution in [0.4, 0.5) is 5.69 Å². The van der Waals surface area contributed by atoms with E-state index in [2.05, 4.69) is 26.6 Å². The van der Waals surface area contributed by atoms with Crippen LogP contribution in [0.3, 0.4) is 0 Å². The van der Waals surface area contributed by atoms with Crippen LogP contribution >= 0.6 is 39.7 Å². The molecule has 4 nitrogen and oxygen atoms in total. The van der Waals surface area contributed by atoms with Gasteiger partial charge in [-0.15, -0.1) is 0 Å². The van der Waals surface area contributed by atoms with E-state index >= 15 is 0 Å². The summed E-state index contributed by atoms with van der Waals surface area (Å²) in [6, 6.07) is 12.1. The SMILES string of the molecule is COc1ccc(Br)cc1C(=O)NC(=S)Nc1ccc(Cl)cc1. The lowest BCUT2D eigenvalue weighted by Gasteiger charge is -2.12. The number of nitrogens with one attached hydrogen (secondary N) is 2. The standard InChI is InChI=1S/C15H12BrClN2O2S/c1-21-13-7-2-9(16)8-12(13)14(20)19-15(22)18-11-5-3-10(17)4-6-11/h2-8H,1H3,(H2,18,19,20,22). The maximum Gasteiger partial charge on any atom is 0.261 e. The van der Waals surface area contributed by atoms with Gasteiger partial charge in [0.05, 0.1) is 12.7 Å². The van der Waals surface area contributed by atoms with E-state index in [1.54, 1.807) is 42.5 Å². The van der Waals surface area contributed by atoms with Crippen molar-refractivity contribution in [2.75, 3.05) is 12.4 Å². The molecule has 0 atom stereocenters. The highest BCUT2D eigenvalue weighted by Crippen LogP contribution is 2.22. The lowest BCUT2D eigenvalue weighted by molar-refractivity contribution is 0.0974. The first-order chi connectivity index (χ1) is 10.5. The molecule has 0 aromatic heterocycles. The molecule has 22 heavy (non-hydrogen) atoms. The zero-order valence-electron chi connectivity index (χ0n) is 11.5. The van der Waals surface area contributed by atoms with Crippen LogP contribution in [0.2, 0.25) is 5.02 Å². The summed E-state index contributed by atoms with van der Waals surface area (Å²) in [6.45, 7) is 0. The Balaban J connectivity index is 2.06. The number of hydrogen-bond donors (Lipinski definition) is 2. The summed E-state index contributed by atoms with van der Waals surface area (Å²) in [4.78, 5) is 12.3. The number of carbonyl (C=O) groups is 1. The van der Waals surface area contributed by atoms with Crippen LogP contribution in [0.5, 0.6) is 5.75 Å². The summed E-state index contributed by atoms with van der Waals surface area (Å²) in [5.74, 6) is 0.111. The second-order valence-electron chi connectivity index (χ2n) is 4.26. The predicted molar refractivity (Wildman–Crippen MR) is 95.8 cm³/mol. The highest BCUT2D eigenvalue weighted by atomic mass is 79.9. The summed E-state index contributed by atoms with van der Waals surface area (Å²) in [6.07, 6.45) is 0. The molecule has 0 aliphatic heterocycles. The van der Waals surface area contributed by atoms with E-state index in [-0.39, 0.29) is 11.0 Å². The summed E-state index contributed by atoms with van der Waals surface area (Å²) >= 11 is 14.3. The van der Waals surface area contributed by atoms with Crippen LogP contribution < -0.4 is 15.4 Å². The number of anilines is 1. The van der Waals surface area contributed by atoms with Gasteiger partial charge in [-0.3, -0.25) is 10.1 Å². The van der Waals surface area contributed by atoms with Crippen molar-refractivity contribution in [1.29, 1.82) is 0 Å². The first-order valence-corrected chi connectivity index (χ1v) is 7.79. The Kier molecular flexibility index (Phi) is 5.76. The van der Waals surface area contributed by atoms with Gasteiger partial charge in [-0.05, 0) is 54.7 Å². The van der Waals surface area contributed by atoms with Crippen molar-refractivity contribution in [3.63, 3.8) is 0 Å². The van der Waals surface area contributed by atoms with Gasteiger partial charge in [0.2, 0.25) is 0 Å². The minimum absolute atomic E-state index is 0.189. The van der Waals surface area contributed by atoms with Gasteiger partial charge in [0, 0.05) is 15.2 Å². The molecule has 0 bridgehead atoms. The smallest absolute Gasteiger partial charge is 0.261 e. The van der Waals surface area contributed by atoms with Crippen molar-refractivity contribution in [2.45, 2.75) is 0 Å². The van der Waals surface area contributed by atoms with Gasteiger partial charge >= 0.3 is 0 Å². The third-order valence-corrected chi connectivity index (χ3v) is 3.68. The van der Waals surface area contributed by atoms with E-state index in [4.69, 9.17) is 28.6 Å². The van der Waals surface area contributed by atoms with Crippen LogP contribution in [0, 0.1) is 0 Å². The number of ether oxygens (including phenoxy) is 1. The van der Waals surface area contributed by atoms with E-state index in [1.807, 2.05) is 0 Å². The van der Waals surface area contributed by atoms with E-state index in [0.29, 0.717) is 16.3 Å². The second kappa shape index (κ2) is 7.58. The average Bonchev–Trinajstić information content (AvgIpc) is 2.49. The largest absolute Gasteiger partial charge is 0.496 e. The van der Waals surface area contributed by atoms with Crippen molar-refractivity contribution in [2.24, 2.45) is 0 Å². The molecule has 0 heterocycles. The lowest BCUT2D eigenvalue weighted by Crippen LogP contribution is -2.34. The number of thiocarbonyl (C=S) groups is 1. The Morgan fingerprint density at radius 3 is 2.55 bits per heavy atom. The van der Waals surface area contributed by atoms with E-state index in [1.165, 1.54) is 7.11 Å². The van der Waals surface area contributed by atoms with Gasteiger partial charge in [0.25, 0.3) is 5.91 Å². The van der Waals surface area contributed by atoms with Crippen molar-refractivity contribution < 1.29 is 9.53 Å². The lowest BCUT2D eigenvalue weighted by atomic mass is 10.2. The van der Waals surface area contributed by atoms with E-state index in [9.17, 15) is 4.79 Å². The Labute approximate surface area is 146 Å². The summed E-state index contributed by atoms with van der Waals surface area (Å²) in [5.41, 5.74) is 1.12. The Hall–Kier alpha value is -1.63. The maximum atomic E-state index is 12.3. The number of methoxy groups -OCH3 is 1. The highest BCUT2D eigenvalue weighted by molar-refractivity contribution is 9.10. The second-order valence-corrected chi connectivity index (χ2v) is 6.02. The first kappa shape index (κ1) is 16.7. The normalized spacial score (nSPS) is 9.95. The maximum absolute atomic E-state index is 12.3. The van der Waals surface area contributed by atoms with Crippen molar-refractivity contribution >= 4 is 56.5 Å². The van der Waals surface area contributed by atoms with Gasteiger partial charge in [-0.2, -0.15) is 0 Å². The van der Waals surface area contributed by atoms with Crippen LogP contribution in [0.1, 0.15) is 10.4 Å². The van der Waals surface area contributed by atoms with Crippen LogP contribution in [-0.2, 0) is 0 Å². The Morgan fingerprint density at radius 2 is 1.91 bits per heavy atom. The number of amides is 1. The zero-order valence-corrected chi connectivity index (χ0v) is 14.7. The monoisotopic (exact) mass is 398 g/mol. The first-order valence-electron chi connectivity index (χ1n) is 6.21. The van der Waals surface area contributed by atoms with Gasteiger partial charge in [-0.25, -0.2) is 0 Å². The molecule has 1 amide bonds. The molecule has 0 aliphatic rings. The Morgan fingerprint density at radius 1 is 1.23 bits per heavy atom. The molecule has 2 aromatic carbocycles. The number of hydrogen-bond acceptors (Lipinski definition) is 3. The molecule has 114 valence electrons. The number of carbonyl (C=O) groups excluding carboxylic acids is 1. The Bertz CT molecular complexity index is 707. The topological polar surface area (TPSA) is 50.4 Å². The van der Waals surface area contributed by atoms with E-state index in [0.717, 1.165) is 10.2 Å². The summed E-state index contributed by atoms with van der Waals surface area (Å²) in [5, 5.41) is 6.33. The molecule has 0 aliphatic carbocycles. The van der Waals surface area contributed by atoms with Crippen molar-refractivity contribution in [1.82, 2.24) is 5.32 Å². The predicted octanol–water partition coefficient (Wildman–Crippen LogP) is 4.24. The molecule has 0 spiro atoms. The third kappa shape index (κ3) is 4.43. The molecule has 2 N–H and O–H groups in total. The molecular formula is C15H12BrClN2O2S.